The molecule has 2 amide bonds. The summed E-state index contributed by atoms with van der Waals surface area (Å²) in [6.45, 7) is 4.64. The third-order valence-electron chi connectivity index (χ3n) is 10.7. The van der Waals surface area contributed by atoms with Gasteiger partial charge in [0.1, 0.15) is 6.61 Å². The van der Waals surface area contributed by atoms with Gasteiger partial charge in [-0.1, -0.05) is 101 Å². The van der Waals surface area contributed by atoms with E-state index in [4.69, 9.17) is 37.9 Å². The summed E-state index contributed by atoms with van der Waals surface area (Å²) in [5, 5.41) is 23.4. The van der Waals surface area contributed by atoms with E-state index in [2.05, 4.69) is 15.4 Å². The molecule has 17 heteroatoms. The number of amides is 2. The molecule has 0 aliphatic rings. The molecule has 0 fully saturated rings. The number of aliphatic carboxylic acids is 1. The number of nitrogens with one attached hydrogen (secondary N) is 2. The number of carboxylic acids is 1. The second-order valence-electron chi connectivity index (χ2n) is 16.7. The van der Waals surface area contributed by atoms with Crippen molar-refractivity contribution in [1.82, 2.24) is 10.6 Å². The number of carbonyl (C=O) groups is 7. The molecule has 0 aromatic heterocycles. The van der Waals surface area contributed by atoms with Gasteiger partial charge in [-0.2, -0.15) is 0 Å². The van der Waals surface area contributed by atoms with Crippen molar-refractivity contribution in [3.05, 3.63) is 106 Å². The molecule has 71 heavy (non-hydrogen) atoms. The second-order valence-corrected chi connectivity index (χ2v) is 16.7. The van der Waals surface area contributed by atoms with Gasteiger partial charge in [-0.05, 0) is 121 Å². The predicted octanol–water partition coefficient (Wildman–Crippen LogP) is 3.24. The summed E-state index contributed by atoms with van der Waals surface area (Å²) >= 11 is 0. The quantitative estimate of drug-likeness (QED) is 0.0200. The van der Waals surface area contributed by atoms with Crippen molar-refractivity contribution < 1.29 is 78.1 Å². The van der Waals surface area contributed by atoms with Crippen LogP contribution in [0.3, 0.4) is 0 Å². The van der Waals surface area contributed by atoms with E-state index in [-0.39, 0.29) is 52.9 Å². The summed E-state index contributed by atoms with van der Waals surface area (Å²) in [6.07, 6.45) is 19.5. The minimum absolute atomic E-state index is 0. The summed E-state index contributed by atoms with van der Waals surface area (Å²) in [6, 6.07) is 20.0. The summed E-state index contributed by atoms with van der Waals surface area (Å²) in [7, 11) is 1.27. The van der Waals surface area contributed by atoms with E-state index in [1.54, 1.807) is 60.7 Å². The van der Waals surface area contributed by atoms with Gasteiger partial charge in [0.25, 0.3) is 11.8 Å². The molecule has 0 radical (unpaired) electrons. The van der Waals surface area contributed by atoms with Crippen molar-refractivity contribution in [3.8, 4) is 0 Å². The predicted molar refractivity (Wildman–Crippen MR) is 275 cm³/mol. The number of methoxy groups -OCH3 is 1. The molecule has 0 saturated carbocycles. The molecule has 0 atom stereocenters. The standard InChI is InChI=1S/C36H54N4O4.C10H10O4.C6H16N2.C2H4O2.Na/c37-23-11-5-1-3-9-21-33(41)29-17-15-18-30(27-29)34(42)22-10-4-2-7-13-25-39-35(43)31-19-16-20-32(28-31)36(44)40-26-14-8-6-12-24-38;1-14-10(13)8-4-2-3-7(5-8)9(12)6-11;7-5-3-1-2-4-6-8;1-2(3)4;/h15-20,27-28H,1-14,21-26,37-38H2,(H,39,43)(H,40,44);2-5,11H,6H2,1H3;1-8H2;1H3,(H,3,4);/q;;;;+1/p-1. The van der Waals surface area contributed by atoms with Crippen LogP contribution in [0.25, 0.3) is 0 Å². The number of ketones is 3. The molecule has 0 unspecified atom stereocenters. The van der Waals surface area contributed by atoms with Crippen LogP contribution in [0.15, 0.2) is 72.8 Å². The molecule has 3 aromatic carbocycles. The summed E-state index contributed by atoms with van der Waals surface area (Å²) in [5.41, 5.74) is 24.4. The van der Waals surface area contributed by atoms with Crippen LogP contribution in [0, 0.1) is 0 Å². The van der Waals surface area contributed by atoms with E-state index in [1.807, 2.05) is 0 Å². The number of benzene rings is 3. The largest absolute Gasteiger partial charge is 1.00 e. The molecular formula is C54H83N6NaO10. The monoisotopic (exact) mass is 999 g/mol. The van der Waals surface area contributed by atoms with Gasteiger partial charge in [0.15, 0.2) is 17.3 Å². The van der Waals surface area contributed by atoms with Crippen LogP contribution in [-0.2, 0) is 9.53 Å². The Hall–Kier alpha value is -4.65. The zero-order valence-electron chi connectivity index (χ0n) is 43.0. The van der Waals surface area contributed by atoms with Gasteiger partial charge in [0.2, 0.25) is 0 Å². The van der Waals surface area contributed by atoms with Gasteiger partial charge in [-0.25, -0.2) is 4.79 Å². The molecule has 16 nitrogen and oxygen atoms in total. The fourth-order valence-corrected chi connectivity index (χ4v) is 6.76. The Bertz CT molecular complexity index is 1820. The smallest absolute Gasteiger partial charge is 0.550 e. The van der Waals surface area contributed by atoms with Crippen LogP contribution in [0.4, 0.5) is 0 Å². The second kappa shape index (κ2) is 46.4. The van der Waals surface area contributed by atoms with Crippen molar-refractivity contribution in [1.29, 1.82) is 0 Å². The first-order chi connectivity index (χ1) is 33.8. The summed E-state index contributed by atoms with van der Waals surface area (Å²) < 4.78 is 4.49. The molecule has 0 aliphatic heterocycles. The Kier molecular flexibility index (Phi) is 44.7. The van der Waals surface area contributed by atoms with E-state index in [0.29, 0.717) is 65.9 Å². The maximum Gasteiger partial charge on any atom is 1.00 e. The average molecular weight is 999 g/mol. The summed E-state index contributed by atoms with van der Waals surface area (Å²) in [4.78, 5) is 81.3. The van der Waals surface area contributed by atoms with Crippen LogP contribution < -0.4 is 68.2 Å². The number of hydrogen-bond acceptors (Lipinski definition) is 14. The zero-order chi connectivity index (χ0) is 52.2. The van der Waals surface area contributed by atoms with E-state index < -0.39 is 24.3 Å². The van der Waals surface area contributed by atoms with E-state index >= 15 is 0 Å². The van der Waals surface area contributed by atoms with Gasteiger partial charge in [0.05, 0.1) is 12.7 Å². The van der Waals surface area contributed by atoms with E-state index in [0.717, 1.165) is 129 Å². The topological polar surface area (TPSA) is 300 Å². The number of carboxylic acid groups (broad SMARTS) is 1. The first kappa shape index (κ1) is 68.4. The van der Waals surface area contributed by atoms with Gasteiger partial charge in [-0.3, -0.25) is 24.0 Å². The Labute approximate surface area is 444 Å². The van der Waals surface area contributed by atoms with Gasteiger partial charge >= 0.3 is 35.5 Å². The van der Waals surface area contributed by atoms with Gasteiger partial charge in [-0.15, -0.1) is 0 Å². The SMILES string of the molecule is CC(=O)[O-].COC(=O)c1cccc(C(=O)CO)c1.NCCCCCCCC(=O)c1cccc(C(=O)CCCCCCCNC(=O)c2cccc(C(=O)NCCCCCCN)c2)c1.NCCCCCCN.[Na+]. The molecule has 390 valence electrons. The number of aliphatic hydroxyl groups is 1. The fourth-order valence-electron chi connectivity index (χ4n) is 6.76. The molecular weight excluding hydrogens is 916 g/mol. The maximum atomic E-state index is 12.7. The Balaban J connectivity index is 0. The molecule has 11 N–H and O–H groups in total. The Morgan fingerprint density at radius 1 is 0.465 bits per heavy atom. The first-order valence-corrected chi connectivity index (χ1v) is 24.9. The molecule has 0 saturated heterocycles. The number of Topliss-reactive ketones (excluding diaryl/α,β-unsaturated/α-hetero) is 3. The normalized spacial score (nSPS) is 10.1. The van der Waals surface area contributed by atoms with Crippen LogP contribution in [0.2, 0.25) is 0 Å². The van der Waals surface area contributed by atoms with E-state index in [9.17, 15) is 28.8 Å². The Morgan fingerprint density at radius 3 is 1.10 bits per heavy atom. The number of carbonyl (C=O) groups excluding carboxylic acids is 7. The minimum atomic E-state index is -1.08. The van der Waals surface area contributed by atoms with E-state index in [1.165, 1.54) is 32.1 Å². The van der Waals surface area contributed by atoms with Gasteiger partial charge < -0.3 is 53.3 Å². The van der Waals surface area contributed by atoms with Crippen molar-refractivity contribution in [2.24, 2.45) is 22.9 Å². The maximum absolute atomic E-state index is 12.7. The fraction of sp³-hybridized carbons (Fsp3) is 0.537. The minimum Gasteiger partial charge on any atom is -0.550 e. The van der Waals surface area contributed by atoms with Crippen molar-refractivity contribution in [2.75, 3.05) is 53.0 Å². The van der Waals surface area contributed by atoms with Crippen LogP contribution >= 0.6 is 0 Å². The van der Waals surface area contributed by atoms with Crippen LogP contribution in [-0.4, -0.2) is 99.2 Å². The van der Waals surface area contributed by atoms with Crippen LogP contribution in [0.5, 0.6) is 0 Å². The number of rotatable bonds is 33. The number of aliphatic hydroxyl groups excluding tert-OH is 1. The number of esters is 1. The number of ether oxygens (including phenoxy) is 1. The van der Waals surface area contributed by atoms with Crippen molar-refractivity contribution >= 4 is 41.1 Å². The van der Waals surface area contributed by atoms with Gasteiger partial charge in [0, 0.05) is 59.7 Å². The molecule has 0 aliphatic carbocycles. The molecule has 0 bridgehead atoms. The first-order valence-electron chi connectivity index (χ1n) is 24.9. The summed E-state index contributed by atoms with van der Waals surface area (Å²) in [5.74, 6) is -2.18. The number of hydrogen-bond donors (Lipinski definition) is 7. The number of unbranched alkanes of at least 4 members (excludes halogenated alkanes) is 14. The van der Waals surface area contributed by atoms with Crippen molar-refractivity contribution in [2.45, 2.75) is 135 Å². The van der Waals surface area contributed by atoms with Crippen LogP contribution in [0.1, 0.15) is 197 Å². The third kappa shape index (κ3) is 36.0. The van der Waals surface area contributed by atoms with Crippen molar-refractivity contribution in [3.63, 3.8) is 0 Å². The average Bonchev–Trinajstić information content (AvgIpc) is 3.37. The molecule has 3 rings (SSSR count). The Morgan fingerprint density at radius 2 is 0.746 bits per heavy atom. The molecule has 0 spiro atoms. The molecule has 0 heterocycles. The molecule has 3 aromatic rings. The zero-order valence-corrected chi connectivity index (χ0v) is 45.0. The number of nitrogens with two attached hydrogens (primary N) is 4. The third-order valence-corrected chi connectivity index (χ3v) is 10.7.